The van der Waals surface area contributed by atoms with E-state index >= 15 is 0 Å². The number of halogens is 1. The molecular formula is C11H18ClNO3S2. The molecule has 0 aliphatic rings. The molecule has 0 fully saturated rings. The molecule has 1 aromatic rings. The van der Waals surface area contributed by atoms with Crippen LogP contribution in [0.5, 0.6) is 0 Å². The van der Waals surface area contributed by atoms with Gasteiger partial charge >= 0.3 is 0 Å². The summed E-state index contributed by atoms with van der Waals surface area (Å²) in [5.74, 6) is 0.347. The molecule has 0 saturated heterocycles. The van der Waals surface area contributed by atoms with E-state index in [1.807, 2.05) is 6.92 Å². The molecule has 0 amide bonds. The number of nitrogens with zero attached hydrogens (tertiary/aromatic N) is 1. The molecule has 0 aromatic carbocycles. The lowest BCUT2D eigenvalue weighted by molar-refractivity contribution is 0.189. The summed E-state index contributed by atoms with van der Waals surface area (Å²) in [6.45, 7) is 2.87. The zero-order chi connectivity index (χ0) is 13.8. The molecular weight excluding hydrogens is 294 g/mol. The number of hydrogen-bond donors (Lipinski definition) is 0. The summed E-state index contributed by atoms with van der Waals surface area (Å²) in [6.07, 6.45) is 0.680. The average Bonchev–Trinajstić information content (AvgIpc) is 2.71. The number of aryl methyl sites for hydroxylation is 1. The number of hydrogen-bond acceptors (Lipinski definition) is 4. The number of alkyl halides is 1. The highest BCUT2D eigenvalue weighted by molar-refractivity contribution is 7.91. The van der Waals surface area contributed by atoms with Gasteiger partial charge in [-0.1, -0.05) is 0 Å². The quantitative estimate of drug-likeness (QED) is 0.574. The van der Waals surface area contributed by atoms with Crippen LogP contribution < -0.4 is 0 Å². The molecule has 0 radical (unpaired) electrons. The third-order valence-corrected chi connectivity index (χ3v) is 6.57. The third kappa shape index (κ3) is 3.68. The monoisotopic (exact) mass is 311 g/mol. The van der Waals surface area contributed by atoms with Gasteiger partial charge in [-0.3, -0.25) is 0 Å². The van der Waals surface area contributed by atoms with E-state index in [9.17, 15) is 8.42 Å². The van der Waals surface area contributed by atoms with Crippen LogP contribution in [0.1, 0.15) is 16.9 Å². The largest absolute Gasteiger partial charge is 0.385 e. The number of methoxy groups -OCH3 is 1. The molecule has 7 heteroatoms. The predicted molar refractivity (Wildman–Crippen MR) is 74.9 cm³/mol. The first-order valence-corrected chi connectivity index (χ1v) is 8.33. The summed E-state index contributed by atoms with van der Waals surface area (Å²) in [6, 6.07) is 1.69. The zero-order valence-electron chi connectivity index (χ0n) is 10.8. The Hall–Kier alpha value is -0.140. The van der Waals surface area contributed by atoms with Crippen LogP contribution >= 0.6 is 22.9 Å². The summed E-state index contributed by atoms with van der Waals surface area (Å²) in [7, 11) is -0.209. The summed E-state index contributed by atoms with van der Waals surface area (Å²) in [5.41, 5.74) is 0.930. The Morgan fingerprint density at radius 2 is 2.17 bits per heavy atom. The second-order valence-electron chi connectivity index (χ2n) is 3.98. The molecule has 0 saturated carbocycles. The van der Waals surface area contributed by atoms with E-state index in [-0.39, 0.29) is 0 Å². The van der Waals surface area contributed by atoms with Crippen molar-refractivity contribution in [3.8, 4) is 0 Å². The van der Waals surface area contributed by atoms with E-state index in [1.54, 1.807) is 20.2 Å². The minimum Gasteiger partial charge on any atom is -0.385 e. The second-order valence-corrected chi connectivity index (χ2v) is 7.65. The Morgan fingerprint density at radius 1 is 1.50 bits per heavy atom. The van der Waals surface area contributed by atoms with Crippen molar-refractivity contribution in [3.63, 3.8) is 0 Å². The summed E-state index contributed by atoms with van der Waals surface area (Å²) in [5, 5.41) is 0. The van der Waals surface area contributed by atoms with Crippen LogP contribution in [0.15, 0.2) is 10.3 Å². The minimum atomic E-state index is -3.39. The molecule has 0 aliphatic carbocycles. The maximum atomic E-state index is 12.3. The van der Waals surface area contributed by atoms with Crippen LogP contribution in [0.3, 0.4) is 0 Å². The van der Waals surface area contributed by atoms with Crippen LogP contribution in [-0.2, 0) is 20.6 Å². The highest BCUT2D eigenvalue weighted by Gasteiger charge is 2.23. The summed E-state index contributed by atoms with van der Waals surface area (Å²) >= 11 is 7.00. The first-order valence-electron chi connectivity index (χ1n) is 5.54. The van der Waals surface area contributed by atoms with E-state index in [1.165, 1.54) is 15.6 Å². The van der Waals surface area contributed by atoms with Gasteiger partial charge in [0.15, 0.2) is 0 Å². The first kappa shape index (κ1) is 15.9. The van der Waals surface area contributed by atoms with Gasteiger partial charge in [-0.25, -0.2) is 12.7 Å². The van der Waals surface area contributed by atoms with Crippen molar-refractivity contribution in [2.24, 2.45) is 0 Å². The Kier molecular flexibility index (Phi) is 6.07. The lowest BCUT2D eigenvalue weighted by Crippen LogP contribution is -2.28. The molecule has 0 aliphatic heterocycles. The molecule has 104 valence electrons. The second kappa shape index (κ2) is 6.86. The van der Waals surface area contributed by atoms with E-state index < -0.39 is 10.0 Å². The molecule has 18 heavy (non-hydrogen) atoms. The van der Waals surface area contributed by atoms with Gasteiger partial charge in [-0.05, 0) is 25.0 Å². The number of rotatable bonds is 7. The number of ether oxygens (including phenoxy) is 1. The maximum Gasteiger partial charge on any atom is 0.252 e. The molecule has 4 nitrogen and oxygen atoms in total. The van der Waals surface area contributed by atoms with Gasteiger partial charge < -0.3 is 4.74 Å². The Labute approximate surface area is 118 Å². The van der Waals surface area contributed by atoms with E-state index in [4.69, 9.17) is 16.3 Å². The van der Waals surface area contributed by atoms with Crippen molar-refractivity contribution >= 4 is 33.0 Å². The maximum absolute atomic E-state index is 12.3. The van der Waals surface area contributed by atoms with Crippen LogP contribution in [-0.4, -0.2) is 40.0 Å². The van der Waals surface area contributed by atoms with Gasteiger partial charge in [0.25, 0.3) is 10.0 Å². The molecule has 0 atom stereocenters. The summed E-state index contributed by atoms with van der Waals surface area (Å²) in [4.78, 5) is 0.903. The fraction of sp³-hybridized carbons (Fsp3) is 0.636. The Bertz CT molecular complexity index is 484. The molecule has 0 spiro atoms. The van der Waals surface area contributed by atoms with Crippen molar-refractivity contribution < 1.29 is 13.2 Å². The number of thiophene rings is 1. The van der Waals surface area contributed by atoms with Crippen molar-refractivity contribution in [2.75, 3.05) is 27.3 Å². The SMILES string of the molecule is COCCCN(C)S(=O)(=O)c1cc(C)c(CCl)s1. The normalized spacial score (nSPS) is 12.3. The molecule has 0 unspecified atom stereocenters. The van der Waals surface area contributed by atoms with Gasteiger partial charge in [0.05, 0.1) is 5.88 Å². The number of sulfonamides is 1. The lowest BCUT2D eigenvalue weighted by Gasteiger charge is -2.15. The average molecular weight is 312 g/mol. The minimum absolute atomic E-state index is 0.347. The van der Waals surface area contributed by atoms with Gasteiger partial charge in [0, 0.05) is 32.2 Å². The molecule has 1 aromatic heterocycles. The molecule has 1 heterocycles. The van der Waals surface area contributed by atoms with E-state index in [0.717, 1.165) is 10.4 Å². The van der Waals surface area contributed by atoms with Crippen LogP contribution in [0.4, 0.5) is 0 Å². The summed E-state index contributed by atoms with van der Waals surface area (Å²) < 4.78 is 31.1. The van der Waals surface area contributed by atoms with Crippen molar-refractivity contribution in [1.29, 1.82) is 0 Å². The topological polar surface area (TPSA) is 46.6 Å². The van der Waals surface area contributed by atoms with Crippen LogP contribution in [0.2, 0.25) is 0 Å². The standard InChI is InChI=1S/C11H18ClNO3S2/c1-9-7-11(17-10(9)8-12)18(14,15)13(2)5-4-6-16-3/h7H,4-6,8H2,1-3H3. The fourth-order valence-corrected chi connectivity index (χ4v) is 4.69. The van der Waals surface area contributed by atoms with Crippen LogP contribution in [0, 0.1) is 6.92 Å². The Morgan fingerprint density at radius 3 is 2.67 bits per heavy atom. The Balaban J connectivity index is 2.84. The highest BCUT2D eigenvalue weighted by atomic mass is 35.5. The lowest BCUT2D eigenvalue weighted by atomic mass is 10.3. The van der Waals surface area contributed by atoms with Gasteiger partial charge in [-0.2, -0.15) is 0 Å². The van der Waals surface area contributed by atoms with Crippen molar-refractivity contribution in [2.45, 2.75) is 23.4 Å². The van der Waals surface area contributed by atoms with E-state index in [2.05, 4.69) is 0 Å². The van der Waals surface area contributed by atoms with Gasteiger partial charge in [-0.15, -0.1) is 22.9 Å². The van der Waals surface area contributed by atoms with E-state index in [0.29, 0.717) is 29.7 Å². The predicted octanol–water partition coefficient (Wildman–Crippen LogP) is 2.45. The van der Waals surface area contributed by atoms with Gasteiger partial charge in [0.1, 0.15) is 4.21 Å². The fourth-order valence-electron chi connectivity index (χ4n) is 1.45. The smallest absolute Gasteiger partial charge is 0.252 e. The molecule has 1 rings (SSSR count). The highest BCUT2D eigenvalue weighted by Crippen LogP contribution is 2.29. The first-order chi connectivity index (χ1) is 8.43. The van der Waals surface area contributed by atoms with Crippen LogP contribution in [0.25, 0.3) is 0 Å². The molecule has 0 bridgehead atoms. The van der Waals surface area contributed by atoms with Crippen molar-refractivity contribution in [3.05, 3.63) is 16.5 Å². The molecule has 0 N–H and O–H groups in total. The third-order valence-electron chi connectivity index (χ3n) is 2.61. The van der Waals surface area contributed by atoms with Crippen molar-refractivity contribution in [1.82, 2.24) is 4.31 Å². The zero-order valence-corrected chi connectivity index (χ0v) is 13.2. The van der Waals surface area contributed by atoms with Gasteiger partial charge in [0.2, 0.25) is 0 Å².